The summed E-state index contributed by atoms with van der Waals surface area (Å²) >= 11 is 7.58. The molecule has 3 rings (SSSR count). The maximum atomic E-state index is 12.7. The fraction of sp³-hybridized carbons (Fsp3) is 0.263. The smallest absolute Gasteiger partial charge is 0.267 e. The molecule has 3 aromatic rings. The van der Waals surface area contributed by atoms with Crippen LogP contribution in [0.15, 0.2) is 24.3 Å². The molecule has 7 heteroatoms. The van der Waals surface area contributed by atoms with Gasteiger partial charge in [-0.15, -0.1) is 11.3 Å². The number of para-hydroxylation sites is 1. The van der Waals surface area contributed by atoms with Crippen LogP contribution in [-0.2, 0) is 6.42 Å². The van der Waals surface area contributed by atoms with Crippen LogP contribution in [0.1, 0.15) is 43.1 Å². The fourth-order valence-electron chi connectivity index (χ4n) is 2.74. The molecule has 0 bridgehead atoms. The quantitative estimate of drug-likeness (QED) is 0.707. The Morgan fingerprint density at radius 1 is 1.15 bits per heavy atom. The van der Waals surface area contributed by atoms with E-state index in [-0.39, 0.29) is 5.91 Å². The Balaban J connectivity index is 1.82. The maximum Gasteiger partial charge on any atom is 0.267 e. The topological polar surface area (TPSA) is 67.8 Å². The van der Waals surface area contributed by atoms with Gasteiger partial charge in [0.05, 0.1) is 27.1 Å². The molecule has 134 valence electrons. The van der Waals surface area contributed by atoms with Gasteiger partial charge in [-0.25, -0.2) is 15.0 Å². The van der Waals surface area contributed by atoms with Gasteiger partial charge in [-0.3, -0.25) is 4.79 Å². The summed E-state index contributed by atoms with van der Waals surface area (Å²) in [7, 11) is 0. The predicted molar refractivity (Wildman–Crippen MR) is 105 cm³/mol. The molecule has 0 aliphatic rings. The van der Waals surface area contributed by atoms with E-state index < -0.39 is 0 Å². The Hall–Kier alpha value is -2.31. The molecule has 0 radical (unpaired) electrons. The predicted octanol–water partition coefficient (Wildman–Crippen LogP) is 4.66. The summed E-state index contributed by atoms with van der Waals surface area (Å²) < 4.78 is 0. The van der Waals surface area contributed by atoms with Gasteiger partial charge in [0, 0.05) is 12.1 Å². The highest BCUT2D eigenvalue weighted by molar-refractivity contribution is 7.14. The molecule has 0 spiro atoms. The second-order valence-corrected chi connectivity index (χ2v) is 7.62. The highest BCUT2D eigenvalue weighted by atomic mass is 35.5. The summed E-state index contributed by atoms with van der Waals surface area (Å²) in [6.07, 6.45) is 0.577. The van der Waals surface area contributed by atoms with Crippen LogP contribution in [0.2, 0.25) is 5.02 Å². The zero-order valence-electron chi connectivity index (χ0n) is 15.1. The zero-order chi connectivity index (χ0) is 18.8. The molecule has 2 aromatic heterocycles. The molecule has 2 heterocycles. The third kappa shape index (κ3) is 4.08. The van der Waals surface area contributed by atoms with Gasteiger partial charge >= 0.3 is 0 Å². The molecular formula is C19H19ClN4OS. The molecule has 0 atom stereocenters. The van der Waals surface area contributed by atoms with Gasteiger partial charge in [0.2, 0.25) is 0 Å². The average Bonchev–Trinajstić information content (AvgIpc) is 2.90. The molecule has 1 amide bonds. The minimum absolute atomic E-state index is 0.197. The van der Waals surface area contributed by atoms with Crippen molar-refractivity contribution in [1.29, 1.82) is 0 Å². The number of benzene rings is 1. The van der Waals surface area contributed by atoms with Gasteiger partial charge in [0.25, 0.3) is 5.91 Å². The number of thiazole rings is 1. The minimum Gasteiger partial charge on any atom is -0.320 e. The molecule has 26 heavy (non-hydrogen) atoms. The summed E-state index contributed by atoms with van der Waals surface area (Å²) in [6.45, 7) is 7.56. The van der Waals surface area contributed by atoms with Crippen LogP contribution in [0.3, 0.4) is 0 Å². The van der Waals surface area contributed by atoms with E-state index in [1.807, 2.05) is 45.9 Å². The Bertz CT molecular complexity index is 943. The zero-order valence-corrected chi connectivity index (χ0v) is 16.6. The van der Waals surface area contributed by atoms with Crippen LogP contribution in [0, 0.1) is 27.7 Å². The minimum atomic E-state index is -0.197. The van der Waals surface area contributed by atoms with Crippen molar-refractivity contribution in [3.8, 4) is 0 Å². The lowest BCUT2D eigenvalue weighted by Crippen LogP contribution is -2.12. The van der Waals surface area contributed by atoms with Crippen molar-refractivity contribution in [3.63, 3.8) is 0 Å². The van der Waals surface area contributed by atoms with Crippen molar-refractivity contribution in [1.82, 2.24) is 15.0 Å². The maximum absolute atomic E-state index is 12.7. The van der Waals surface area contributed by atoms with Gasteiger partial charge in [-0.05, 0) is 45.4 Å². The van der Waals surface area contributed by atoms with Crippen LogP contribution in [0.4, 0.5) is 5.69 Å². The third-order valence-electron chi connectivity index (χ3n) is 3.86. The van der Waals surface area contributed by atoms with E-state index in [9.17, 15) is 4.79 Å². The number of rotatable bonds is 4. The monoisotopic (exact) mass is 386 g/mol. The number of hydrogen-bond acceptors (Lipinski definition) is 5. The Morgan fingerprint density at radius 2 is 1.92 bits per heavy atom. The Labute approximate surface area is 161 Å². The number of nitrogens with zero attached hydrogens (tertiary/aromatic N) is 3. The Kier molecular flexibility index (Phi) is 5.34. The van der Waals surface area contributed by atoms with Gasteiger partial charge in [-0.2, -0.15) is 0 Å². The lowest BCUT2D eigenvalue weighted by molar-refractivity contribution is 0.102. The number of carbonyl (C=O) groups excluding carboxylic acids is 1. The molecule has 0 saturated heterocycles. The summed E-state index contributed by atoms with van der Waals surface area (Å²) in [6, 6.07) is 7.47. The number of aromatic nitrogens is 3. The fourth-order valence-corrected chi connectivity index (χ4v) is 3.98. The van der Waals surface area contributed by atoms with Crippen LogP contribution < -0.4 is 5.32 Å². The van der Waals surface area contributed by atoms with Crippen LogP contribution >= 0.6 is 22.9 Å². The number of aryl methyl sites for hydroxylation is 4. The number of halogens is 1. The SMILES string of the molecule is Cc1cc(Cc2nc(C)c(C(=O)Nc3c(C)cccc3Cl)s2)nc(C)n1. The molecule has 0 saturated carbocycles. The number of carbonyl (C=O) groups is 1. The van der Waals surface area contributed by atoms with Crippen molar-refractivity contribution >= 4 is 34.5 Å². The van der Waals surface area contributed by atoms with Crippen molar-refractivity contribution in [2.24, 2.45) is 0 Å². The molecule has 1 aromatic carbocycles. The lowest BCUT2D eigenvalue weighted by atomic mass is 10.2. The highest BCUT2D eigenvalue weighted by Crippen LogP contribution is 2.27. The van der Waals surface area contributed by atoms with E-state index in [0.717, 1.165) is 27.8 Å². The van der Waals surface area contributed by atoms with Crippen molar-refractivity contribution in [2.75, 3.05) is 5.32 Å². The van der Waals surface area contributed by atoms with Gasteiger partial charge in [0.1, 0.15) is 10.7 Å². The first-order valence-corrected chi connectivity index (χ1v) is 9.37. The molecule has 0 aliphatic carbocycles. The first-order valence-electron chi connectivity index (χ1n) is 8.17. The molecular weight excluding hydrogens is 368 g/mol. The first kappa shape index (κ1) is 18.5. The number of hydrogen-bond donors (Lipinski definition) is 1. The van der Waals surface area contributed by atoms with Crippen LogP contribution in [0.5, 0.6) is 0 Å². The molecule has 0 unspecified atom stereocenters. The van der Waals surface area contributed by atoms with E-state index >= 15 is 0 Å². The highest BCUT2D eigenvalue weighted by Gasteiger charge is 2.18. The van der Waals surface area contributed by atoms with Crippen molar-refractivity contribution < 1.29 is 4.79 Å². The molecule has 0 fully saturated rings. The second kappa shape index (κ2) is 7.51. The average molecular weight is 387 g/mol. The second-order valence-electron chi connectivity index (χ2n) is 6.13. The van der Waals surface area contributed by atoms with Crippen molar-refractivity contribution in [3.05, 3.63) is 67.6 Å². The van der Waals surface area contributed by atoms with Gasteiger partial charge < -0.3 is 5.32 Å². The van der Waals surface area contributed by atoms with E-state index in [1.54, 1.807) is 6.07 Å². The molecule has 1 N–H and O–H groups in total. The van der Waals surface area contributed by atoms with E-state index in [1.165, 1.54) is 11.3 Å². The van der Waals surface area contributed by atoms with E-state index in [2.05, 4.69) is 20.3 Å². The van der Waals surface area contributed by atoms with E-state index in [0.29, 0.717) is 27.7 Å². The molecule has 0 aliphatic heterocycles. The largest absolute Gasteiger partial charge is 0.320 e. The summed E-state index contributed by atoms with van der Waals surface area (Å²) in [5.41, 5.74) is 4.08. The Morgan fingerprint density at radius 3 is 2.62 bits per heavy atom. The van der Waals surface area contributed by atoms with Gasteiger partial charge in [0.15, 0.2) is 0 Å². The van der Waals surface area contributed by atoms with E-state index in [4.69, 9.17) is 11.6 Å². The number of amides is 1. The summed E-state index contributed by atoms with van der Waals surface area (Å²) in [4.78, 5) is 26.5. The summed E-state index contributed by atoms with van der Waals surface area (Å²) in [5, 5.41) is 4.27. The first-order chi connectivity index (χ1) is 12.3. The van der Waals surface area contributed by atoms with Gasteiger partial charge in [-0.1, -0.05) is 23.7 Å². The van der Waals surface area contributed by atoms with Crippen molar-refractivity contribution in [2.45, 2.75) is 34.1 Å². The molecule has 5 nitrogen and oxygen atoms in total. The third-order valence-corrected chi connectivity index (χ3v) is 5.33. The number of nitrogens with one attached hydrogen (secondary N) is 1. The lowest BCUT2D eigenvalue weighted by Gasteiger charge is -2.09. The number of anilines is 1. The summed E-state index contributed by atoms with van der Waals surface area (Å²) in [5.74, 6) is 0.540. The standard InChI is InChI=1S/C19H19ClN4OS/c1-10-6-5-7-15(20)17(10)24-19(25)18-12(3)22-16(26-18)9-14-8-11(2)21-13(4)23-14/h5-8H,9H2,1-4H3,(H,24,25). The van der Waals surface area contributed by atoms with Crippen LogP contribution in [-0.4, -0.2) is 20.9 Å². The van der Waals surface area contributed by atoms with Crippen LogP contribution in [0.25, 0.3) is 0 Å². The normalized spacial score (nSPS) is 10.8.